The summed E-state index contributed by atoms with van der Waals surface area (Å²) in [6, 6.07) is 8.76. The van der Waals surface area contributed by atoms with Gasteiger partial charge in [0.05, 0.1) is 0 Å². The molecule has 2 N–H and O–H groups in total. The fourth-order valence-electron chi connectivity index (χ4n) is 3.15. The van der Waals surface area contributed by atoms with Crippen LogP contribution in [0, 0.1) is 11.8 Å². The van der Waals surface area contributed by atoms with Gasteiger partial charge in [-0.3, -0.25) is 9.59 Å². The molecule has 1 aromatic rings. The lowest BCUT2D eigenvalue weighted by molar-refractivity contribution is -0.158. The van der Waals surface area contributed by atoms with Gasteiger partial charge in [0.15, 0.2) is 5.92 Å². The zero-order valence-corrected chi connectivity index (χ0v) is 13.4. The molecule has 24 heavy (non-hydrogen) atoms. The first kappa shape index (κ1) is 17.8. The number of carboxylic acids is 2. The number of benzene rings is 1. The molecule has 1 heterocycles. The Morgan fingerprint density at radius 1 is 1.21 bits per heavy atom. The van der Waals surface area contributed by atoms with Crippen molar-refractivity contribution >= 4 is 18.0 Å². The number of nitrogens with zero attached hydrogens (tertiary/aromatic N) is 1. The van der Waals surface area contributed by atoms with E-state index in [9.17, 15) is 14.4 Å². The summed E-state index contributed by atoms with van der Waals surface area (Å²) in [5, 5.41) is 18.3. The van der Waals surface area contributed by atoms with E-state index in [2.05, 4.69) is 0 Å². The molecule has 0 radical (unpaired) electrons. The molecule has 1 aromatic carbocycles. The number of carbonyl (C=O) groups is 3. The molecule has 2 atom stereocenters. The molecule has 1 amide bonds. The van der Waals surface area contributed by atoms with Crippen LogP contribution >= 0.6 is 0 Å². The highest BCUT2D eigenvalue weighted by molar-refractivity contribution is 5.93. The number of hydrogen-bond donors (Lipinski definition) is 2. The van der Waals surface area contributed by atoms with Crippen LogP contribution in [0.4, 0.5) is 4.79 Å². The average molecular weight is 335 g/mol. The molecule has 7 heteroatoms. The Labute approximate surface area is 139 Å². The Balaban J connectivity index is 2.02. The van der Waals surface area contributed by atoms with Gasteiger partial charge in [0, 0.05) is 18.5 Å². The molecule has 1 saturated heterocycles. The van der Waals surface area contributed by atoms with Crippen molar-refractivity contribution in [3.63, 3.8) is 0 Å². The van der Waals surface area contributed by atoms with Gasteiger partial charge in [-0.25, -0.2) is 4.79 Å². The maximum Gasteiger partial charge on any atom is 0.410 e. The second-order valence-electron chi connectivity index (χ2n) is 5.96. The van der Waals surface area contributed by atoms with Gasteiger partial charge in [0.1, 0.15) is 6.61 Å². The molecule has 2 unspecified atom stereocenters. The van der Waals surface area contributed by atoms with E-state index in [1.807, 2.05) is 30.3 Å². The molecule has 1 aliphatic heterocycles. The van der Waals surface area contributed by atoms with E-state index in [1.165, 1.54) is 4.90 Å². The number of aliphatic carboxylic acids is 2. The topological polar surface area (TPSA) is 104 Å². The maximum absolute atomic E-state index is 12.3. The summed E-state index contributed by atoms with van der Waals surface area (Å²) in [6.45, 7) is 2.12. The maximum atomic E-state index is 12.3. The molecule has 7 nitrogen and oxygen atoms in total. The quantitative estimate of drug-likeness (QED) is 0.772. The first-order chi connectivity index (χ1) is 11.4. The van der Waals surface area contributed by atoms with Crippen molar-refractivity contribution in [1.82, 2.24) is 4.90 Å². The van der Waals surface area contributed by atoms with E-state index in [-0.39, 0.29) is 6.61 Å². The Hall–Kier alpha value is -2.57. The lowest BCUT2D eigenvalue weighted by Crippen LogP contribution is -2.45. The van der Waals surface area contributed by atoms with Crippen LogP contribution in [-0.4, -0.2) is 45.7 Å². The molecule has 1 fully saturated rings. The highest BCUT2D eigenvalue weighted by Crippen LogP contribution is 2.30. The third-order valence-electron chi connectivity index (χ3n) is 4.40. The van der Waals surface area contributed by atoms with Crippen LogP contribution in [0.25, 0.3) is 0 Å². The second kappa shape index (κ2) is 7.81. The number of ether oxygens (including phenoxy) is 1. The molecule has 1 aliphatic rings. The van der Waals surface area contributed by atoms with Gasteiger partial charge >= 0.3 is 18.0 Å². The molecule has 0 saturated carbocycles. The first-order valence-corrected chi connectivity index (χ1v) is 7.84. The molecule has 0 bridgehead atoms. The van der Waals surface area contributed by atoms with Gasteiger partial charge in [0.2, 0.25) is 0 Å². The third kappa shape index (κ3) is 4.04. The summed E-state index contributed by atoms with van der Waals surface area (Å²) in [5.41, 5.74) is 0.851. The number of hydrogen-bond acceptors (Lipinski definition) is 4. The molecule has 2 rings (SSSR count). The number of rotatable bonds is 6. The van der Waals surface area contributed by atoms with Crippen LogP contribution < -0.4 is 0 Å². The summed E-state index contributed by atoms with van der Waals surface area (Å²) in [6.07, 6.45) is 0.725. The first-order valence-electron chi connectivity index (χ1n) is 7.84. The van der Waals surface area contributed by atoms with Crippen LogP contribution in [0.1, 0.15) is 25.3 Å². The Bertz CT molecular complexity index is 588. The van der Waals surface area contributed by atoms with Gasteiger partial charge in [-0.1, -0.05) is 37.3 Å². The Kier molecular flexibility index (Phi) is 5.78. The highest BCUT2D eigenvalue weighted by Gasteiger charge is 2.42. The van der Waals surface area contributed by atoms with Crippen molar-refractivity contribution < 1.29 is 29.3 Å². The van der Waals surface area contributed by atoms with Gasteiger partial charge in [-0.15, -0.1) is 0 Å². The van der Waals surface area contributed by atoms with E-state index in [0.29, 0.717) is 19.4 Å². The minimum atomic E-state index is -1.54. The zero-order chi connectivity index (χ0) is 17.7. The van der Waals surface area contributed by atoms with E-state index in [1.54, 1.807) is 6.92 Å². The van der Waals surface area contributed by atoms with E-state index >= 15 is 0 Å². The van der Waals surface area contributed by atoms with Crippen LogP contribution in [0.5, 0.6) is 0 Å². The van der Waals surface area contributed by atoms with Crippen LogP contribution in [0.3, 0.4) is 0 Å². The van der Waals surface area contributed by atoms with E-state index < -0.39 is 35.9 Å². The molecular formula is C17H21NO6. The standard InChI is InChI=1S/C17H21NO6/c1-11(14(15(19)20)16(21)22)13-8-5-9-18(13)17(23)24-10-12-6-3-2-4-7-12/h2-4,6-7,11,13-14H,5,8-10H2,1H3,(H,19,20)(H,21,22). The summed E-state index contributed by atoms with van der Waals surface area (Å²) in [7, 11) is 0. The smallest absolute Gasteiger partial charge is 0.410 e. The molecule has 0 spiro atoms. The second-order valence-corrected chi connectivity index (χ2v) is 5.96. The molecule has 0 aromatic heterocycles. The highest BCUT2D eigenvalue weighted by atomic mass is 16.6. The van der Waals surface area contributed by atoms with Crippen LogP contribution in [0.2, 0.25) is 0 Å². The predicted octanol–water partition coefficient (Wildman–Crippen LogP) is 2.21. The van der Waals surface area contributed by atoms with Gasteiger partial charge in [0.25, 0.3) is 0 Å². The SMILES string of the molecule is CC(C(C(=O)O)C(=O)O)C1CCCN1C(=O)OCc1ccccc1. The normalized spacial score (nSPS) is 18.4. The summed E-state index contributed by atoms with van der Waals surface area (Å²) in [4.78, 5) is 36.2. The third-order valence-corrected chi connectivity index (χ3v) is 4.40. The van der Waals surface area contributed by atoms with E-state index in [4.69, 9.17) is 14.9 Å². The molecular weight excluding hydrogens is 314 g/mol. The van der Waals surface area contributed by atoms with Gasteiger partial charge in [-0.2, -0.15) is 0 Å². The lowest BCUT2D eigenvalue weighted by atomic mass is 9.86. The number of likely N-dealkylation sites (tertiary alicyclic amines) is 1. The number of amides is 1. The lowest BCUT2D eigenvalue weighted by Gasteiger charge is -2.30. The number of carboxylic acid groups (broad SMARTS) is 2. The average Bonchev–Trinajstić information content (AvgIpc) is 3.02. The van der Waals surface area contributed by atoms with Crippen LogP contribution in [-0.2, 0) is 20.9 Å². The monoisotopic (exact) mass is 335 g/mol. The number of carbonyl (C=O) groups excluding carboxylic acids is 1. The van der Waals surface area contributed by atoms with Crippen molar-refractivity contribution in [2.45, 2.75) is 32.4 Å². The predicted molar refractivity (Wildman–Crippen MR) is 84.3 cm³/mol. The van der Waals surface area contributed by atoms with Gasteiger partial charge in [-0.05, 0) is 18.4 Å². The van der Waals surface area contributed by atoms with Gasteiger partial charge < -0.3 is 19.8 Å². The van der Waals surface area contributed by atoms with Crippen molar-refractivity contribution in [3.05, 3.63) is 35.9 Å². The summed E-state index contributed by atoms with van der Waals surface area (Å²) >= 11 is 0. The molecule has 0 aliphatic carbocycles. The minimum absolute atomic E-state index is 0.124. The zero-order valence-electron chi connectivity index (χ0n) is 13.4. The largest absolute Gasteiger partial charge is 0.481 e. The van der Waals surface area contributed by atoms with Crippen molar-refractivity contribution in [2.24, 2.45) is 11.8 Å². The Morgan fingerprint density at radius 2 is 1.83 bits per heavy atom. The fourth-order valence-corrected chi connectivity index (χ4v) is 3.15. The van der Waals surface area contributed by atoms with E-state index in [0.717, 1.165) is 5.56 Å². The molecule has 130 valence electrons. The van der Waals surface area contributed by atoms with Crippen molar-refractivity contribution in [2.75, 3.05) is 6.54 Å². The van der Waals surface area contributed by atoms with Crippen molar-refractivity contribution in [1.29, 1.82) is 0 Å². The minimum Gasteiger partial charge on any atom is -0.481 e. The summed E-state index contributed by atoms with van der Waals surface area (Å²) < 4.78 is 5.29. The fraction of sp³-hybridized carbons (Fsp3) is 0.471. The Morgan fingerprint density at radius 3 is 2.42 bits per heavy atom. The van der Waals surface area contributed by atoms with Crippen LogP contribution in [0.15, 0.2) is 30.3 Å². The van der Waals surface area contributed by atoms with Crippen molar-refractivity contribution in [3.8, 4) is 0 Å². The summed E-state index contributed by atoms with van der Waals surface area (Å²) in [5.74, 6) is -5.02.